The minimum absolute atomic E-state index is 0.0445. The summed E-state index contributed by atoms with van der Waals surface area (Å²) >= 11 is 0. The molecule has 2 saturated heterocycles. The normalized spacial score (nSPS) is 22.3. The maximum absolute atomic E-state index is 13.9. The van der Waals surface area contributed by atoms with Gasteiger partial charge in [-0.05, 0) is 51.3 Å². The number of hydrogen-bond donors (Lipinski definition) is 0. The van der Waals surface area contributed by atoms with E-state index in [1.807, 2.05) is 0 Å². The van der Waals surface area contributed by atoms with Gasteiger partial charge in [0.25, 0.3) is 0 Å². The predicted octanol–water partition coefficient (Wildman–Crippen LogP) is 2.91. The van der Waals surface area contributed by atoms with Crippen LogP contribution in [0.2, 0.25) is 0 Å². The van der Waals surface area contributed by atoms with Crippen molar-refractivity contribution in [3.63, 3.8) is 0 Å². The molecule has 0 aliphatic carbocycles. The van der Waals surface area contributed by atoms with Crippen LogP contribution in [0.1, 0.15) is 45.2 Å². The van der Waals surface area contributed by atoms with Crippen LogP contribution in [0, 0.1) is 17.6 Å². The first-order valence-corrected chi connectivity index (χ1v) is 12.1. The molecule has 3 rings (SSSR count). The summed E-state index contributed by atoms with van der Waals surface area (Å²) in [4.78, 5) is 28.8. The molecule has 0 bridgehead atoms. The van der Waals surface area contributed by atoms with E-state index in [1.165, 1.54) is 11.0 Å². The van der Waals surface area contributed by atoms with Crippen molar-refractivity contribution in [1.82, 2.24) is 9.80 Å². The van der Waals surface area contributed by atoms with Gasteiger partial charge in [-0.2, -0.15) is 0 Å². The van der Waals surface area contributed by atoms with Gasteiger partial charge in [-0.1, -0.05) is 6.07 Å². The second-order valence-electron chi connectivity index (χ2n) is 9.07. The fraction of sp³-hybridized carbons (Fsp3) is 0.619. The molecule has 2 aliphatic rings. The van der Waals surface area contributed by atoms with Gasteiger partial charge in [0.05, 0.1) is 17.5 Å². The molecule has 2 heterocycles. The Morgan fingerprint density at radius 1 is 1.06 bits per heavy atom. The number of ether oxygens (including phenoxy) is 1. The molecule has 1 atom stereocenters. The van der Waals surface area contributed by atoms with E-state index in [0.717, 1.165) is 12.1 Å². The van der Waals surface area contributed by atoms with Gasteiger partial charge in [0.2, 0.25) is 5.91 Å². The van der Waals surface area contributed by atoms with Gasteiger partial charge in [0.15, 0.2) is 11.6 Å². The van der Waals surface area contributed by atoms with Gasteiger partial charge in [0.1, 0.15) is 15.4 Å². The van der Waals surface area contributed by atoms with Crippen LogP contribution in [0.4, 0.5) is 13.6 Å². The third kappa shape index (κ3) is 5.72. The van der Waals surface area contributed by atoms with Crippen LogP contribution in [-0.2, 0) is 19.4 Å². The van der Waals surface area contributed by atoms with Crippen molar-refractivity contribution in [3.8, 4) is 0 Å². The summed E-state index contributed by atoms with van der Waals surface area (Å²) in [6, 6.07) is 2.73. The first-order chi connectivity index (χ1) is 14.4. The molecule has 0 aromatic heterocycles. The van der Waals surface area contributed by atoms with Crippen LogP contribution < -0.4 is 0 Å². The first kappa shape index (κ1) is 23.4. The average Bonchev–Trinajstić information content (AvgIpc) is 2.68. The molecule has 0 spiro atoms. The molecule has 172 valence electrons. The minimum atomic E-state index is -3.12. The summed E-state index contributed by atoms with van der Waals surface area (Å²) in [5.41, 5.74) is -0.335. The Morgan fingerprint density at radius 3 is 2.29 bits per heavy atom. The lowest BCUT2D eigenvalue weighted by Crippen LogP contribution is -2.54. The van der Waals surface area contributed by atoms with Gasteiger partial charge in [-0.15, -0.1) is 0 Å². The van der Waals surface area contributed by atoms with Crippen LogP contribution in [-0.4, -0.2) is 67.0 Å². The lowest BCUT2D eigenvalue weighted by Gasteiger charge is -2.43. The summed E-state index contributed by atoms with van der Waals surface area (Å²) in [5.74, 6) is -2.81. The molecular formula is C21H28F2N2O5S. The number of amides is 2. The second kappa shape index (κ2) is 8.72. The van der Waals surface area contributed by atoms with Crippen molar-refractivity contribution in [3.05, 3.63) is 35.4 Å². The highest BCUT2D eigenvalue weighted by Crippen LogP contribution is 2.31. The van der Waals surface area contributed by atoms with Crippen LogP contribution in [0.15, 0.2) is 18.2 Å². The fourth-order valence-corrected chi connectivity index (χ4v) is 5.41. The van der Waals surface area contributed by atoms with Crippen molar-refractivity contribution in [1.29, 1.82) is 0 Å². The van der Waals surface area contributed by atoms with Gasteiger partial charge < -0.3 is 14.5 Å². The lowest BCUT2D eigenvalue weighted by atomic mass is 9.96. The number of benzene rings is 1. The van der Waals surface area contributed by atoms with Crippen LogP contribution in [0.3, 0.4) is 0 Å². The highest BCUT2D eigenvalue weighted by molar-refractivity contribution is 7.91. The maximum atomic E-state index is 13.9. The molecule has 31 heavy (non-hydrogen) atoms. The number of sulfone groups is 1. The predicted molar refractivity (Wildman–Crippen MR) is 110 cm³/mol. The Morgan fingerprint density at radius 2 is 1.71 bits per heavy atom. The van der Waals surface area contributed by atoms with E-state index in [0.29, 0.717) is 5.56 Å². The molecule has 7 nitrogen and oxygen atoms in total. The summed E-state index contributed by atoms with van der Waals surface area (Å²) in [6.07, 6.45) is -0.0773. The van der Waals surface area contributed by atoms with E-state index >= 15 is 0 Å². The zero-order valence-electron chi connectivity index (χ0n) is 17.9. The van der Waals surface area contributed by atoms with Crippen LogP contribution in [0.25, 0.3) is 0 Å². The topological polar surface area (TPSA) is 84.0 Å². The second-order valence-corrected chi connectivity index (χ2v) is 11.4. The molecule has 1 aromatic rings. The quantitative estimate of drug-likeness (QED) is 0.681. The Balaban J connectivity index is 1.84. The molecule has 2 aliphatic heterocycles. The monoisotopic (exact) mass is 458 g/mol. The summed E-state index contributed by atoms with van der Waals surface area (Å²) in [7, 11) is -3.12. The van der Waals surface area contributed by atoms with Gasteiger partial charge in [-0.3, -0.25) is 4.79 Å². The molecular weight excluding hydrogens is 430 g/mol. The average molecular weight is 459 g/mol. The number of carbonyl (C=O) groups excluding carboxylic acids is 2. The zero-order valence-corrected chi connectivity index (χ0v) is 18.8. The number of hydrogen-bond acceptors (Lipinski definition) is 5. The molecule has 1 aromatic carbocycles. The van der Waals surface area contributed by atoms with E-state index in [-0.39, 0.29) is 49.9 Å². The van der Waals surface area contributed by atoms with Crippen molar-refractivity contribution in [2.45, 2.75) is 45.3 Å². The van der Waals surface area contributed by atoms with Gasteiger partial charge >= 0.3 is 6.09 Å². The highest BCUT2D eigenvalue weighted by Gasteiger charge is 2.39. The molecule has 2 amide bonds. The lowest BCUT2D eigenvalue weighted by molar-refractivity contribution is -0.141. The molecule has 1 unspecified atom stereocenters. The zero-order chi connectivity index (χ0) is 23.0. The molecule has 0 N–H and O–H groups in total. The molecule has 0 saturated carbocycles. The Bertz CT molecular complexity index is 947. The number of carbonyl (C=O) groups is 2. The number of piperazine rings is 1. The number of halogens is 2. The molecule has 0 radical (unpaired) electrons. The van der Waals surface area contributed by atoms with Crippen molar-refractivity contribution >= 4 is 21.8 Å². The smallest absolute Gasteiger partial charge is 0.410 e. The third-order valence-electron chi connectivity index (χ3n) is 5.55. The van der Waals surface area contributed by atoms with Crippen LogP contribution >= 0.6 is 0 Å². The van der Waals surface area contributed by atoms with Gasteiger partial charge in [-0.25, -0.2) is 22.0 Å². The Kier molecular flexibility index (Phi) is 6.59. The van der Waals surface area contributed by atoms with E-state index in [9.17, 15) is 26.8 Å². The standard InChI is InChI=1S/C21H28F2N2O5S/c1-21(2,3)30-20(27)24-8-9-25(19(26)14-6-10-31(28,29)11-7-14)18(13-24)15-4-5-16(22)17(23)12-15/h4-5,12,14,18H,6-11,13H2,1-3H3. The van der Waals surface area contributed by atoms with E-state index in [1.54, 1.807) is 25.7 Å². The largest absolute Gasteiger partial charge is 0.444 e. The maximum Gasteiger partial charge on any atom is 0.410 e. The number of nitrogens with zero attached hydrogens (tertiary/aromatic N) is 2. The van der Waals surface area contributed by atoms with E-state index in [2.05, 4.69) is 0 Å². The Labute approximate surface area is 181 Å². The Hall–Kier alpha value is -2.23. The van der Waals surface area contributed by atoms with E-state index in [4.69, 9.17) is 4.74 Å². The summed E-state index contributed by atoms with van der Waals surface area (Å²) in [5, 5.41) is 0. The van der Waals surface area contributed by atoms with Crippen molar-refractivity contribution in [2.75, 3.05) is 31.1 Å². The SMILES string of the molecule is CC(C)(C)OC(=O)N1CCN(C(=O)C2CCS(=O)(=O)CC2)C(c2ccc(F)c(F)c2)C1. The third-order valence-corrected chi connectivity index (χ3v) is 7.26. The van der Waals surface area contributed by atoms with Crippen molar-refractivity contribution in [2.24, 2.45) is 5.92 Å². The van der Waals surface area contributed by atoms with Gasteiger partial charge in [0, 0.05) is 25.6 Å². The fourth-order valence-electron chi connectivity index (χ4n) is 3.92. The first-order valence-electron chi connectivity index (χ1n) is 10.3. The molecule has 2 fully saturated rings. The molecule has 10 heteroatoms. The number of rotatable bonds is 2. The summed E-state index contributed by atoms with van der Waals surface area (Å²) < 4.78 is 56.3. The van der Waals surface area contributed by atoms with Crippen molar-refractivity contribution < 1.29 is 31.5 Å². The minimum Gasteiger partial charge on any atom is -0.444 e. The highest BCUT2D eigenvalue weighted by atomic mass is 32.2. The van der Waals surface area contributed by atoms with E-state index < -0.39 is 45.1 Å². The van der Waals surface area contributed by atoms with Crippen LogP contribution in [0.5, 0.6) is 0 Å². The summed E-state index contributed by atoms with van der Waals surface area (Å²) in [6.45, 7) is 5.71.